The first-order valence-electron chi connectivity index (χ1n) is 13.4. The number of hydrogen-bond donors (Lipinski definition) is 0. The first-order valence-corrected chi connectivity index (χ1v) is 13.4. The molecule has 0 fully saturated rings. The van der Waals surface area contributed by atoms with Gasteiger partial charge in [0.1, 0.15) is 0 Å². The maximum Gasteiger partial charge on any atom is 2.00 e. The molecule has 0 saturated carbocycles. The largest absolute Gasteiger partial charge is 2.00 e. The number of rotatable bonds is 22. The Morgan fingerprint density at radius 1 is 0.447 bits per heavy atom. The van der Waals surface area contributed by atoms with Crippen LogP contribution in [0.15, 0.2) is 23.3 Å². The summed E-state index contributed by atoms with van der Waals surface area (Å²) in [7, 11) is 0. The maximum absolute atomic E-state index is 10.6. The van der Waals surface area contributed by atoms with Gasteiger partial charge in [0.15, 0.2) is 0 Å². The predicted molar refractivity (Wildman–Crippen MR) is 142 cm³/mol. The van der Waals surface area contributed by atoms with Gasteiger partial charge in [-0.1, -0.05) is 104 Å². The number of carboxylic acids is 4. The molecule has 0 amide bonds. The van der Waals surface area contributed by atoms with Crippen LogP contribution in [-0.2, 0) is 19.2 Å². The molecule has 0 aromatic carbocycles. The third-order valence-corrected chi connectivity index (χ3v) is 5.71. The molecule has 0 heterocycles. The van der Waals surface area contributed by atoms with E-state index in [4.69, 9.17) is 0 Å². The SMILES string of the molecule is CCCCCCCCCC/C(=C/C(=O)[O-])C(=O)[O-].CCCCCCCCCCC(=CC(=O)[O-])C(=O)[O-].[Mg+2].[Mg+2]. The van der Waals surface area contributed by atoms with Gasteiger partial charge in [0.2, 0.25) is 0 Å². The number of hydrogen-bond acceptors (Lipinski definition) is 8. The summed E-state index contributed by atoms with van der Waals surface area (Å²) in [5.41, 5.74) is -0.359. The fraction of sp³-hybridized carbons (Fsp3) is 0.714. The second-order valence-electron chi connectivity index (χ2n) is 9.00. The van der Waals surface area contributed by atoms with Crippen LogP contribution in [0.2, 0.25) is 0 Å². The van der Waals surface area contributed by atoms with Gasteiger partial charge >= 0.3 is 46.1 Å². The van der Waals surface area contributed by atoms with Crippen LogP contribution >= 0.6 is 0 Å². The number of carbonyl (C=O) groups is 4. The molecular weight excluding hydrogens is 513 g/mol. The third-order valence-electron chi connectivity index (χ3n) is 5.71. The van der Waals surface area contributed by atoms with E-state index in [9.17, 15) is 39.6 Å². The molecule has 0 rings (SSSR count). The van der Waals surface area contributed by atoms with Crippen molar-refractivity contribution in [2.45, 2.75) is 129 Å². The molecule has 0 radical (unpaired) electrons. The zero-order valence-electron chi connectivity index (χ0n) is 23.6. The summed E-state index contributed by atoms with van der Waals surface area (Å²) in [5.74, 6) is -5.79. The molecule has 0 aliphatic rings. The molecule has 0 aliphatic heterocycles. The Bertz CT molecular complexity index is 632. The van der Waals surface area contributed by atoms with Gasteiger partial charge in [-0.2, -0.15) is 0 Å². The quantitative estimate of drug-likeness (QED) is 0.109. The number of unbranched alkanes of at least 4 members (excludes halogenated alkanes) is 14. The number of carbonyl (C=O) groups excluding carboxylic acids is 4. The van der Waals surface area contributed by atoms with Gasteiger partial charge in [0.05, 0.1) is 23.9 Å². The first kappa shape index (κ1) is 43.9. The van der Waals surface area contributed by atoms with Gasteiger partial charge in [-0.15, -0.1) is 0 Å². The van der Waals surface area contributed by atoms with Crippen molar-refractivity contribution in [1.29, 1.82) is 0 Å². The molecule has 0 saturated heterocycles. The Morgan fingerprint density at radius 3 is 0.895 bits per heavy atom. The Kier molecular flexibility index (Phi) is 37.1. The van der Waals surface area contributed by atoms with Crippen molar-refractivity contribution < 1.29 is 39.6 Å². The van der Waals surface area contributed by atoms with Gasteiger partial charge in [-0.25, -0.2) is 0 Å². The molecule has 208 valence electrons. The van der Waals surface area contributed by atoms with E-state index < -0.39 is 23.9 Å². The van der Waals surface area contributed by atoms with Crippen LogP contribution in [0.3, 0.4) is 0 Å². The second-order valence-corrected chi connectivity index (χ2v) is 9.00. The molecule has 0 N–H and O–H groups in total. The van der Waals surface area contributed by atoms with Crippen LogP contribution in [0, 0.1) is 0 Å². The molecule has 0 atom stereocenters. The fourth-order valence-corrected chi connectivity index (χ4v) is 3.65. The zero-order chi connectivity index (χ0) is 27.6. The average molecular weight is 557 g/mol. The van der Waals surface area contributed by atoms with Crippen molar-refractivity contribution >= 4 is 70.0 Å². The van der Waals surface area contributed by atoms with Gasteiger partial charge < -0.3 is 39.6 Å². The Morgan fingerprint density at radius 2 is 0.684 bits per heavy atom. The fourth-order valence-electron chi connectivity index (χ4n) is 3.65. The maximum atomic E-state index is 10.6. The van der Waals surface area contributed by atoms with Gasteiger partial charge in [-0.3, -0.25) is 0 Å². The summed E-state index contributed by atoms with van der Waals surface area (Å²) < 4.78 is 0. The Balaban J connectivity index is -0.000000289. The van der Waals surface area contributed by atoms with E-state index in [0.29, 0.717) is 25.0 Å². The minimum atomic E-state index is -1.48. The molecule has 0 bridgehead atoms. The molecule has 8 nitrogen and oxygen atoms in total. The summed E-state index contributed by atoms with van der Waals surface area (Å²) in [4.78, 5) is 41.7. The first-order chi connectivity index (χ1) is 17.1. The van der Waals surface area contributed by atoms with E-state index in [1.165, 1.54) is 51.4 Å². The van der Waals surface area contributed by atoms with E-state index >= 15 is 0 Å². The van der Waals surface area contributed by atoms with E-state index in [0.717, 1.165) is 38.5 Å². The molecular formula is C28H44Mg2O8. The Hall–Kier alpha value is -1.11. The molecule has 10 heteroatoms. The van der Waals surface area contributed by atoms with Crippen LogP contribution in [0.25, 0.3) is 0 Å². The predicted octanol–water partition coefficient (Wildman–Crippen LogP) is 1.13. The van der Waals surface area contributed by atoms with E-state index in [2.05, 4.69) is 13.8 Å². The van der Waals surface area contributed by atoms with Crippen LogP contribution in [0.4, 0.5) is 0 Å². The molecule has 38 heavy (non-hydrogen) atoms. The van der Waals surface area contributed by atoms with Crippen molar-refractivity contribution in [3.05, 3.63) is 23.3 Å². The molecule has 0 unspecified atom stereocenters. The Labute approximate surface area is 261 Å². The smallest absolute Gasteiger partial charge is 0.545 e. The van der Waals surface area contributed by atoms with Crippen LogP contribution in [0.1, 0.15) is 129 Å². The monoisotopic (exact) mass is 556 g/mol. The van der Waals surface area contributed by atoms with Gasteiger partial charge in [0.25, 0.3) is 0 Å². The molecule has 0 aromatic heterocycles. The van der Waals surface area contributed by atoms with Crippen molar-refractivity contribution in [3.63, 3.8) is 0 Å². The van der Waals surface area contributed by atoms with E-state index in [1.54, 1.807) is 0 Å². The van der Waals surface area contributed by atoms with Crippen LogP contribution < -0.4 is 20.4 Å². The van der Waals surface area contributed by atoms with Crippen LogP contribution in [0.5, 0.6) is 0 Å². The summed E-state index contributed by atoms with van der Waals surface area (Å²) >= 11 is 0. The molecule has 0 spiro atoms. The molecule has 0 aromatic rings. The van der Waals surface area contributed by atoms with Crippen molar-refractivity contribution in [3.8, 4) is 0 Å². The summed E-state index contributed by atoms with van der Waals surface area (Å²) in [6, 6.07) is 0. The molecule has 0 aliphatic carbocycles. The van der Waals surface area contributed by atoms with Gasteiger partial charge in [-0.05, 0) is 49.0 Å². The van der Waals surface area contributed by atoms with Crippen molar-refractivity contribution in [2.24, 2.45) is 0 Å². The normalized spacial score (nSPS) is 10.9. The standard InChI is InChI=1S/2C14H24O4.2Mg/c2*1-2-3-4-5-6-7-8-9-10-12(14(17)18)11-13(15)16;;/h2*11H,2-10H2,1H3,(H,15,16)(H,17,18);;/q;;2*+2/p-4/b12-11-;;;. The third kappa shape index (κ3) is 32.9. The van der Waals surface area contributed by atoms with E-state index in [-0.39, 0.29) is 70.1 Å². The topological polar surface area (TPSA) is 161 Å². The summed E-state index contributed by atoms with van der Waals surface area (Å²) in [6.45, 7) is 4.34. The second kappa shape index (κ2) is 32.1. The van der Waals surface area contributed by atoms with Crippen molar-refractivity contribution in [2.75, 3.05) is 0 Å². The van der Waals surface area contributed by atoms with Crippen molar-refractivity contribution in [1.82, 2.24) is 0 Å². The summed E-state index contributed by atoms with van der Waals surface area (Å²) in [6.07, 6.45) is 19.3. The minimum absolute atomic E-state index is 0. The average Bonchev–Trinajstić information content (AvgIpc) is 2.80. The zero-order valence-corrected chi connectivity index (χ0v) is 26.4. The number of aliphatic carboxylic acids is 4. The van der Waals surface area contributed by atoms with E-state index in [1.807, 2.05) is 0 Å². The summed E-state index contributed by atoms with van der Waals surface area (Å²) in [5, 5.41) is 41.7. The number of carboxylic acid groups (broad SMARTS) is 4. The minimum Gasteiger partial charge on any atom is -0.545 e. The van der Waals surface area contributed by atoms with Gasteiger partial charge in [0, 0.05) is 0 Å². The van der Waals surface area contributed by atoms with Crippen LogP contribution in [-0.4, -0.2) is 70.0 Å².